The molecule has 0 amide bonds. The van der Waals surface area contributed by atoms with Crippen LogP contribution in [0, 0.1) is 0 Å². The maximum absolute atomic E-state index is 4.47. The van der Waals surface area contributed by atoms with Crippen molar-refractivity contribution in [3.05, 3.63) is 18.9 Å². The van der Waals surface area contributed by atoms with Crippen LogP contribution >= 0.6 is 9.90 Å². The first kappa shape index (κ1) is 10.3. The largest absolute Gasteiger partial charge is 0.452 e. The fourth-order valence-electron chi connectivity index (χ4n) is 0.176. The van der Waals surface area contributed by atoms with Gasteiger partial charge in [0.2, 0.25) is 0 Å². The Bertz CT molecular complexity index is 71.4. The first-order valence-electron chi connectivity index (χ1n) is 1.32. The summed E-state index contributed by atoms with van der Waals surface area (Å²) in [6, 6.07) is 0. The smallest absolute Gasteiger partial charge is 0.180 e. The number of aromatic nitrogens is 1. The average Bonchev–Trinajstić information content (AvgIpc) is 1.76. The van der Waals surface area contributed by atoms with Gasteiger partial charge in [-0.3, -0.25) is 0 Å². The van der Waals surface area contributed by atoms with E-state index in [2.05, 4.69) is 9.40 Å². The molecule has 43 valence electrons. The van der Waals surface area contributed by atoms with Crippen LogP contribution in [0.4, 0.5) is 0 Å². The van der Waals surface area contributed by atoms with Crippen LogP contribution in [0.3, 0.4) is 0 Å². The summed E-state index contributed by atoms with van der Waals surface area (Å²) in [6.07, 6.45) is 4.47. The van der Waals surface area contributed by atoms with Crippen molar-refractivity contribution in [2.24, 2.45) is 0 Å². The first-order chi connectivity index (χ1) is 2.50. The van der Waals surface area contributed by atoms with E-state index in [9.17, 15) is 0 Å². The van der Waals surface area contributed by atoms with Gasteiger partial charge >= 0.3 is 0 Å². The zero-order chi connectivity index (χ0) is 3.54. The second-order valence-corrected chi connectivity index (χ2v) is 0.676. The Balaban J connectivity index is 0. The molecule has 0 aliphatic heterocycles. The van der Waals surface area contributed by atoms with E-state index in [-0.39, 0.29) is 30.0 Å². The van der Waals surface area contributed by atoms with Crippen molar-refractivity contribution in [3.8, 4) is 0 Å². The second-order valence-electron chi connectivity index (χ2n) is 0.676. The van der Waals surface area contributed by atoms with Crippen molar-refractivity contribution in [1.29, 1.82) is 0 Å². The molecule has 0 saturated carbocycles. The minimum Gasteiger partial charge on any atom is -0.452 e. The maximum Gasteiger partial charge on any atom is 0.180 e. The molecule has 0 fully saturated rings. The molecule has 1 atom stereocenters. The molecule has 0 aliphatic rings. The van der Waals surface area contributed by atoms with Gasteiger partial charge in [0.25, 0.3) is 0 Å². The Morgan fingerprint density at radius 3 is 2.29 bits per heavy atom. The number of hydrogen-bond donors (Lipinski definition) is 0. The minimum atomic E-state index is 0. The topological polar surface area (TPSA) is 26.0 Å². The van der Waals surface area contributed by atoms with Gasteiger partial charge in [0.1, 0.15) is 6.26 Å². The van der Waals surface area contributed by atoms with E-state index in [1.165, 1.54) is 12.7 Å². The Morgan fingerprint density at radius 2 is 2.14 bits per heavy atom. The van der Waals surface area contributed by atoms with Gasteiger partial charge in [0.15, 0.2) is 6.39 Å². The molecule has 1 aromatic rings. The Labute approximate surface area is 58.7 Å². The van der Waals surface area contributed by atoms with Crippen molar-refractivity contribution >= 4 is 9.90 Å². The molecule has 1 radical (unpaired) electrons. The summed E-state index contributed by atoms with van der Waals surface area (Å²) in [5.74, 6) is 0. The number of nitrogens with zero attached hydrogens (tertiary/aromatic N) is 1. The predicted molar refractivity (Wildman–Crippen MR) is 27.6 cm³/mol. The van der Waals surface area contributed by atoms with Gasteiger partial charge in [-0.25, -0.2) is 4.98 Å². The van der Waals surface area contributed by atoms with Crippen LogP contribution in [-0.2, 0) is 20.1 Å². The van der Waals surface area contributed by atoms with Gasteiger partial charge in [-0.2, -0.15) is 9.90 Å². The normalized spacial score (nSPS) is 5.71. The van der Waals surface area contributed by atoms with Crippen LogP contribution in [0.15, 0.2) is 23.3 Å². The molecule has 0 aromatic carbocycles. The van der Waals surface area contributed by atoms with Gasteiger partial charge in [0.05, 0.1) is 6.20 Å². The van der Waals surface area contributed by atoms with Crippen molar-refractivity contribution in [1.82, 2.24) is 4.98 Å². The van der Waals surface area contributed by atoms with Crippen LogP contribution in [0.2, 0.25) is 0 Å². The molecule has 1 heterocycles. The monoisotopic (exact) mass is 296 g/mol. The van der Waals surface area contributed by atoms with E-state index in [0.717, 1.165) is 0 Å². The molecule has 0 bridgehead atoms. The number of hydrogen-bond acceptors (Lipinski definition) is 2. The quantitative estimate of drug-likeness (QED) is 0.660. The van der Waals surface area contributed by atoms with E-state index >= 15 is 0 Å². The van der Waals surface area contributed by atoms with Crippen molar-refractivity contribution in [2.75, 3.05) is 0 Å². The van der Waals surface area contributed by atoms with E-state index in [1.54, 1.807) is 6.20 Å². The fraction of sp³-hybridized carbons (Fsp3) is 0. The van der Waals surface area contributed by atoms with Gasteiger partial charge in [-0.05, 0) is 0 Å². The minimum absolute atomic E-state index is 0. The third-order valence-corrected chi connectivity index (χ3v) is 0.347. The Kier molecular flexibility index (Phi) is 9.26. The van der Waals surface area contributed by atoms with Gasteiger partial charge < -0.3 is 4.42 Å². The summed E-state index contributed by atoms with van der Waals surface area (Å²) in [4.78, 5) is 3.56. The summed E-state index contributed by atoms with van der Waals surface area (Å²) in [5.41, 5.74) is 0. The van der Waals surface area contributed by atoms with Crippen LogP contribution in [0.1, 0.15) is 0 Å². The molecule has 0 saturated heterocycles. The van der Waals surface area contributed by atoms with Crippen molar-refractivity contribution < 1.29 is 24.5 Å². The molecule has 4 heteroatoms. The fourth-order valence-corrected chi connectivity index (χ4v) is 0.176. The van der Waals surface area contributed by atoms with Gasteiger partial charge in [-0.15, -0.1) is 0 Å². The van der Waals surface area contributed by atoms with E-state index < -0.39 is 0 Å². The molecule has 0 N–H and O–H groups in total. The van der Waals surface area contributed by atoms with E-state index in [0.29, 0.717) is 0 Å². The molecule has 1 rings (SSSR count). The standard InChI is InChI=1S/C3H3NO.Ir.H3P/c1-2-5-3-4-1;;/h1-3H;;1H3. The van der Waals surface area contributed by atoms with E-state index in [1.807, 2.05) is 0 Å². The molecular formula is C3H6IrNOP. The molecule has 0 spiro atoms. The van der Waals surface area contributed by atoms with Gasteiger partial charge in [0, 0.05) is 20.1 Å². The van der Waals surface area contributed by atoms with Crippen LogP contribution in [-0.4, -0.2) is 4.98 Å². The molecule has 7 heavy (non-hydrogen) atoms. The van der Waals surface area contributed by atoms with Crippen LogP contribution in [0.25, 0.3) is 0 Å². The first-order valence-corrected chi connectivity index (χ1v) is 1.32. The maximum atomic E-state index is 4.47. The molecule has 2 nitrogen and oxygen atoms in total. The van der Waals surface area contributed by atoms with Crippen LogP contribution < -0.4 is 0 Å². The second kappa shape index (κ2) is 6.29. The number of rotatable bonds is 0. The third kappa shape index (κ3) is 4.14. The number of oxazole rings is 1. The summed E-state index contributed by atoms with van der Waals surface area (Å²) >= 11 is 0. The third-order valence-electron chi connectivity index (χ3n) is 0.347. The summed E-state index contributed by atoms with van der Waals surface area (Å²) in [6.45, 7) is 0. The zero-order valence-corrected chi connectivity index (χ0v) is 7.44. The van der Waals surface area contributed by atoms with E-state index in [4.69, 9.17) is 0 Å². The Morgan fingerprint density at radius 1 is 1.43 bits per heavy atom. The van der Waals surface area contributed by atoms with Crippen LogP contribution in [0.5, 0.6) is 0 Å². The summed E-state index contributed by atoms with van der Waals surface area (Å²) in [5, 5.41) is 0. The van der Waals surface area contributed by atoms with Crippen molar-refractivity contribution in [2.45, 2.75) is 0 Å². The molecule has 0 aliphatic carbocycles. The summed E-state index contributed by atoms with van der Waals surface area (Å²) in [7, 11) is 0. The zero-order valence-electron chi connectivity index (χ0n) is 3.63. The molecule has 1 unspecified atom stereocenters. The predicted octanol–water partition coefficient (Wildman–Crippen LogP) is 0.730. The average molecular weight is 295 g/mol. The summed E-state index contributed by atoms with van der Waals surface area (Å²) < 4.78 is 4.47. The van der Waals surface area contributed by atoms with Gasteiger partial charge in [-0.1, -0.05) is 0 Å². The Hall–Kier alpha value is 0.289. The van der Waals surface area contributed by atoms with Crippen molar-refractivity contribution in [3.63, 3.8) is 0 Å². The molecular weight excluding hydrogens is 289 g/mol. The molecule has 1 aromatic heterocycles. The SMILES string of the molecule is P.[Ir].c1cocn1.